The van der Waals surface area contributed by atoms with Gasteiger partial charge >= 0.3 is 0 Å². The molecule has 1 unspecified atom stereocenters. The largest absolute Gasteiger partial charge is 0.333 e. The Balaban J connectivity index is 2.33. The summed E-state index contributed by atoms with van der Waals surface area (Å²) in [5.41, 5.74) is 3.46. The second kappa shape index (κ2) is 8.19. The van der Waals surface area contributed by atoms with Gasteiger partial charge in [-0.05, 0) is 51.5 Å². The number of carbonyl (C=O) groups excluding carboxylic acids is 1. The molecule has 29 heavy (non-hydrogen) atoms. The van der Waals surface area contributed by atoms with Gasteiger partial charge < -0.3 is 4.90 Å². The number of rotatable bonds is 5. The normalized spacial score (nSPS) is 12.4. The highest BCUT2D eigenvalue weighted by Gasteiger charge is 2.27. The lowest BCUT2D eigenvalue weighted by molar-refractivity contribution is -0.136. The molecule has 0 aliphatic heterocycles. The third-order valence-electron chi connectivity index (χ3n) is 5.35. The lowest BCUT2D eigenvalue weighted by Gasteiger charge is -2.31. The van der Waals surface area contributed by atoms with E-state index in [0.29, 0.717) is 23.3 Å². The van der Waals surface area contributed by atoms with Gasteiger partial charge in [0.2, 0.25) is 5.91 Å². The van der Waals surface area contributed by atoms with Gasteiger partial charge in [-0.25, -0.2) is 4.98 Å². The maximum atomic E-state index is 13.5. The Bertz CT molecular complexity index is 1110. The Labute approximate surface area is 172 Å². The fraction of sp³-hybridized carbons (Fsp3) is 0.375. The summed E-state index contributed by atoms with van der Waals surface area (Å²) in [7, 11) is 0. The molecular formula is C24H29N3O2. The first-order valence-electron chi connectivity index (χ1n) is 10.2. The zero-order valence-corrected chi connectivity index (χ0v) is 18.1. The first-order valence-corrected chi connectivity index (χ1v) is 10.2. The number of aromatic nitrogens is 2. The van der Waals surface area contributed by atoms with Crippen LogP contribution in [0.3, 0.4) is 0 Å². The summed E-state index contributed by atoms with van der Waals surface area (Å²) in [5, 5.41) is 0.571. The fourth-order valence-corrected chi connectivity index (χ4v) is 3.81. The van der Waals surface area contributed by atoms with Crippen LogP contribution in [0.2, 0.25) is 0 Å². The second-order valence-corrected chi connectivity index (χ2v) is 7.87. The molecule has 1 amide bonds. The highest BCUT2D eigenvalue weighted by molar-refractivity contribution is 5.79. The van der Waals surface area contributed by atoms with Crippen molar-refractivity contribution in [2.75, 3.05) is 6.54 Å². The number of carbonyl (C=O) groups is 1. The van der Waals surface area contributed by atoms with Crippen molar-refractivity contribution in [3.63, 3.8) is 0 Å². The predicted molar refractivity (Wildman–Crippen MR) is 117 cm³/mol. The molecule has 5 nitrogen and oxygen atoms in total. The molecule has 1 aromatic heterocycles. The van der Waals surface area contributed by atoms with Crippen molar-refractivity contribution in [3.8, 4) is 5.69 Å². The lowest BCUT2D eigenvalue weighted by Crippen LogP contribution is -2.39. The molecule has 3 aromatic rings. The molecule has 0 fully saturated rings. The molecule has 1 atom stereocenters. The van der Waals surface area contributed by atoms with Crippen LogP contribution in [0, 0.1) is 19.8 Å². The number of aryl methyl sites for hydroxylation is 2. The van der Waals surface area contributed by atoms with Gasteiger partial charge in [0.05, 0.1) is 22.6 Å². The van der Waals surface area contributed by atoms with E-state index in [1.54, 1.807) is 15.5 Å². The van der Waals surface area contributed by atoms with Gasteiger partial charge in [-0.1, -0.05) is 43.7 Å². The van der Waals surface area contributed by atoms with E-state index >= 15 is 0 Å². The molecule has 2 aromatic carbocycles. The van der Waals surface area contributed by atoms with Crippen molar-refractivity contribution in [1.29, 1.82) is 0 Å². The summed E-state index contributed by atoms with van der Waals surface area (Å²) in [5.74, 6) is 0.505. The standard InChI is InChI=1S/C24H29N3O2/c1-7-26(23(28)15(2)3)18(6)22-25-20-11-9-8-10-19(20)24(29)27(22)21-13-12-16(4)14-17(21)5/h8-15,18H,7H2,1-6H3. The SMILES string of the molecule is CCN(C(=O)C(C)C)C(C)c1nc2ccccc2c(=O)n1-c1ccc(C)cc1C. The average molecular weight is 392 g/mol. The van der Waals surface area contributed by atoms with Gasteiger partial charge in [0, 0.05) is 12.5 Å². The van der Waals surface area contributed by atoms with Crippen molar-refractivity contribution in [1.82, 2.24) is 14.5 Å². The Morgan fingerprint density at radius 2 is 1.79 bits per heavy atom. The molecule has 3 rings (SSSR count). The van der Waals surface area contributed by atoms with Gasteiger partial charge in [-0.15, -0.1) is 0 Å². The van der Waals surface area contributed by atoms with Crippen LogP contribution in [0.15, 0.2) is 47.3 Å². The van der Waals surface area contributed by atoms with Gasteiger partial charge in [0.25, 0.3) is 5.56 Å². The Kier molecular flexibility index (Phi) is 5.87. The minimum absolute atomic E-state index is 0.0505. The first-order chi connectivity index (χ1) is 13.8. The summed E-state index contributed by atoms with van der Waals surface area (Å²) < 4.78 is 1.68. The molecule has 0 spiro atoms. The van der Waals surface area contributed by atoms with Gasteiger partial charge in [-0.2, -0.15) is 0 Å². The zero-order chi connectivity index (χ0) is 21.3. The van der Waals surface area contributed by atoms with E-state index in [4.69, 9.17) is 4.98 Å². The fourth-order valence-electron chi connectivity index (χ4n) is 3.81. The molecule has 0 saturated carbocycles. The molecular weight excluding hydrogens is 362 g/mol. The van der Waals surface area contributed by atoms with Gasteiger partial charge in [0.15, 0.2) is 0 Å². The third kappa shape index (κ3) is 3.82. The molecule has 0 saturated heterocycles. The van der Waals surface area contributed by atoms with Crippen molar-refractivity contribution < 1.29 is 4.79 Å². The van der Waals surface area contributed by atoms with Crippen LogP contribution >= 0.6 is 0 Å². The maximum Gasteiger partial charge on any atom is 0.266 e. The molecule has 0 radical (unpaired) electrons. The smallest absolute Gasteiger partial charge is 0.266 e. The third-order valence-corrected chi connectivity index (χ3v) is 5.35. The minimum atomic E-state index is -0.340. The molecule has 0 N–H and O–H groups in total. The summed E-state index contributed by atoms with van der Waals surface area (Å²) in [6.45, 7) is 12.3. The molecule has 152 valence electrons. The quantitative estimate of drug-likeness (QED) is 0.640. The predicted octanol–water partition coefficient (Wildman–Crippen LogP) is 4.57. The molecule has 1 heterocycles. The van der Waals surface area contributed by atoms with E-state index in [2.05, 4.69) is 6.07 Å². The van der Waals surface area contributed by atoms with E-state index in [-0.39, 0.29) is 23.4 Å². The zero-order valence-electron chi connectivity index (χ0n) is 18.1. The Morgan fingerprint density at radius 1 is 1.10 bits per heavy atom. The molecule has 0 aliphatic rings. The first kappa shape index (κ1) is 20.8. The van der Waals surface area contributed by atoms with Gasteiger partial charge in [0.1, 0.15) is 5.82 Å². The summed E-state index contributed by atoms with van der Waals surface area (Å²) in [4.78, 5) is 33.0. The van der Waals surface area contributed by atoms with Crippen LogP contribution in [0.25, 0.3) is 16.6 Å². The number of fused-ring (bicyclic) bond motifs is 1. The highest BCUT2D eigenvalue weighted by Crippen LogP contribution is 2.25. The van der Waals surface area contributed by atoms with Gasteiger partial charge in [-0.3, -0.25) is 14.2 Å². The van der Waals surface area contributed by atoms with E-state index in [1.165, 1.54) is 0 Å². The topological polar surface area (TPSA) is 55.2 Å². The molecule has 5 heteroatoms. The lowest BCUT2D eigenvalue weighted by atomic mass is 10.1. The molecule has 0 bridgehead atoms. The number of amides is 1. The summed E-state index contributed by atoms with van der Waals surface area (Å²) in [6.07, 6.45) is 0. The summed E-state index contributed by atoms with van der Waals surface area (Å²) in [6, 6.07) is 13.0. The number of benzene rings is 2. The Morgan fingerprint density at radius 3 is 2.41 bits per heavy atom. The number of nitrogens with zero attached hydrogens (tertiary/aromatic N) is 3. The van der Waals surface area contributed by atoms with Crippen LogP contribution in [0.4, 0.5) is 0 Å². The second-order valence-electron chi connectivity index (χ2n) is 7.87. The van der Waals surface area contributed by atoms with Crippen LogP contribution in [-0.2, 0) is 4.79 Å². The van der Waals surface area contributed by atoms with Crippen molar-refractivity contribution >= 4 is 16.8 Å². The monoisotopic (exact) mass is 391 g/mol. The van der Waals surface area contributed by atoms with Crippen molar-refractivity contribution in [3.05, 3.63) is 69.8 Å². The van der Waals surface area contributed by atoms with E-state index < -0.39 is 0 Å². The Hall–Kier alpha value is -2.95. The number of para-hydroxylation sites is 1. The van der Waals surface area contributed by atoms with E-state index in [1.807, 2.05) is 71.9 Å². The van der Waals surface area contributed by atoms with Crippen molar-refractivity contribution in [2.24, 2.45) is 5.92 Å². The van der Waals surface area contributed by atoms with Crippen LogP contribution in [-0.4, -0.2) is 26.9 Å². The maximum absolute atomic E-state index is 13.5. The number of hydrogen-bond acceptors (Lipinski definition) is 3. The van der Waals surface area contributed by atoms with Crippen LogP contribution in [0.5, 0.6) is 0 Å². The van der Waals surface area contributed by atoms with E-state index in [0.717, 1.165) is 16.8 Å². The van der Waals surface area contributed by atoms with E-state index in [9.17, 15) is 9.59 Å². The average Bonchev–Trinajstić information content (AvgIpc) is 2.69. The molecule has 0 aliphatic carbocycles. The summed E-state index contributed by atoms with van der Waals surface area (Å²) >= 11 is 0. The van der Waals surface area contributed by atoms with Crippen LogP contribution in [0.1, 0.15) is 50.7 Å². The highest BCUT2D eigenvalue weighted by atomic mass is 16.2. The minimum Gasteiger partial charge on any atom is -0.333 e. The number of hydrogen-bond donors (Lipinski definition) is 0. The van der Waals surface area contributed by atoms with Crippen molar-refractivity contribution in [2.45, 2.75) is 47.6 Å². The van der Waals surface area contributed by atoms with Crippen LogP contribution < -0.4 is 5.56 Å².